The molecule has 0 spiro atoms. The maximum atomic E-state index is 12.5. The van der Waals surface area contributed by atoms with E-state index in [0.717, 1.165) is 33.3 Å². The van der Waals surface area contributed by atoms with Crippen molar-refractivity contribution < 1.29 is 4.79 Å². The molecule has 0 fully saturated rings. The van der Waals surface area contributed by atoms with E-state index in [2.05, 4.69) is 15.3 Å². The molecule has 3 aromatic rings. The first kappa shape index (κ1) is 20.1. The normalized spacial score (nSPS) is 11.0. The van der Waals surface area contributed by atoms with Crippen molar-refractivity contribution in [2.45, 2.75) is 26.8 Å². The summed E-state index contributed by atoms with van der Waals surface area (Å²) in [6.07, 6.45) is 0.399. The number of hydrogen-bond acceptors (Lipinski definition) is 3. The van der Waals surface area contributed by atoms with E-state index in [9.17, 15) is 4.79 Å². The van der Waals surface area contributed by atoms with Gasteiger partial charge in [-0.1, -0.05) is 48.0 Å². The van der Waals surface area contributed by atoms with E-state index in [-0.39, 0.29) is 5.91 Å². The van der Waals surface area contributed by atoms with Crippen molar-refractivity contribution in [2.24, 2.45) is 0 Å². The first-order valence-electron chi connectivity index (χ1n) is 9.29. The second-order valence-electron chi connectivity index (χ2n) is 6.92. The zero-order valence-corrected chi connectivity index (χ0v) is 17.2. The fraction of sp³-hybridized carbons (Fsp3) is 0.273. The van der Waals surface area contributed by atoms with E-state index in [1.165, 1.54) is 0 Å². The Kier molecular flexibility index (Phi) is 6.49. The van der Waals surface area contributed by atoms with E-state index in [4.69, 9.17) is 11.6 Å². The van der Waals surface area contributed by atoms with Gasteiger partial charge in [-0.3, -0.25) is 4.79 Å². The van der Waals surface area contributed by atoms with Crippen molar-refractivity contribution in [3.05, 3.63) is 76.6 Å². The van der Waals surface area contributed by atoms with Crippen LogP contribution in [0, 0.1) is 13.8 Å². The summed E-state index contributed by atoms with van der Waals surface area (Å²) in [5.41, 5.74) is 4.54. The van der Waals surface area contributed by atoms with Crippen molar-refractivity contribution >= 4 is 23.2 Å². The molecule has 0 saturated heterocycles. The second-order valence-corrected chi connectivity index (χ2v) is 7.33. The zero-order valence-electron chi connectivity index (χ0n) is 16.4. The number of hydrogen-bond donors (Lipinski definition) is 1. The number of aryl methyl sites for hydroxylation is 1. The summed E-state index contributed by atoms with van der Waals surface area (Å²) in [5.74, 6) is -0.0233. The van der Waals surface area contributed by atoms with Crippen LogP contribution in [0.2, 0.25) is 5.02 Å². The Labute approximate surface area is 170 Å². The summed E-state index contributed by atoms with van der Waals surface area (Å²) in [7, 11) is 1.99. The maximum absolute atomic E-state index is 12.5. The average Bonchev–Trinajstić information content (AvgIpc) is 2.97. The van der Waals surface area contributed by atoms with Gasteiger partial charge in [0.15, 0.2) is 0 Å². The Balaban J connectivity index is 1.59. The smallest absolute Gasteiger partial charge is 0.225 e. The molecule has 0 radical (unpaired) electrons. The summed E-state index contributed by atoms with van der Waals surface area (Å²) in [4.78, 5) is 14.6. The number of benzene rings is 2. The van der Waals surface area contributed by atoms with Gasteiger partial charge in [0.25, 0.3) is 0 Å². The fourth-order valence-corrected chi connectivity index (χ4v) is 3.33. The molecule has 6 heteroatoms. The van der Waals surface area contributed by atoms with Crippen LogP contribution in [-0.2, 0) is 11.3 Å². The van der Waals surface area contributed by atoms with Gasteiger partial charge >= 0.3 is 0 Å². The van der Waals surface area contributed by atoms with Crippen LogP contribution in [0.5, 0.6) is 0 Å². The molecule has 3 rings (SSSR count). The summed E-state index contributed by atoms with van der Waals surface area (Å²) in [6, 6.07) is 17.7. The molecule has 1 aromatic heterocycles. The largest absolute Gasteiger partial charge is 0.323 e. The lowest BCUT2D eigenvalue weighted by Crippen LogP contribution is -2.24. The standard InChI is InChI=1S/C22H25ClN4O/c1-16-22(17(2)27(25-16)19-10-5-4-6-11-19)24-21(28)13-14-26(3)15-18-9-7-8-12-20(18)23/h4-12H,13-15H2,1-3H3,(H,24,28). The molecule has 0 saturated carbocycles. The summed E-state index contributed by atoms with van der Waals surface area (Å²) in [5, 5.41) is 8.34. The third-order valence-electron chi connectivity index (χ3n) is 4.68. The van der Waals surface area contributed by atoms with E-state index >= 15 is 0 Å². The van der Waals surface area contributed by atoms with Crippen LogP contribution < -0.4 is 5.32 Å². The van der Waals surface area contributed by atoms with Gasteiger partial charge in [0.1, 0.15) is 0 Å². The van der Waals surface area contributed by atoms with Crippen LogP contribution in [-0.4, -0.2) is 34.2 Å². The molecule has 2 aromatic carbocycles. The number of anilines is 1. The van der Waals surface area contributed by atoms with E-state index in [1.54, 1.807) is 0 Å². The lowest BCUT2D eigenvalue weighted by atomic mass is 10.2. The predicted molar refractivity (Wildman–Crippen MR) is 114 cm³/mol. The van der Waals surface area contributed by atoms with Gasteiger partial charge < -0.3 is 10.2 Å². The quantitative estimate of drug-likeness (QED) is 0.634. The van der Waals surface area contributed by atoms with Crippen molar-refractivity contribution in [1.82, 2.24) is 14.7 Å². The lowest BCUT2D eigenvalue weighted by molar-refractivity contribution is -0.116. The first-order chi connectivity index (χ1) is 13.5. The van der Waals surface area contributed by atoms with E-state index in [0.29, 0.717) is 19.5 Å². The predicted octanol–water partition coefficient (Wildman–Crippen LogP) is 4.60. The number of para-hydroxylation sites is 1. The van der Waals surface area contributed by atoms with E-state index < -0.39 is 0 Å². The number of carbonyl (C=O) groups is 1. The average molecular weight is 397 g/mol. The van der Waals surface area contributed by atoms with Gasteiger partial charge in [0.05, 0.1) is 22.8 Å². The molecule has 1 heterocycles. The van der Waals surface area contributed by atoms with E-state index in [1.807, 2.05) is 80.2 Å². The monoisotopic (exact) mass is 396 g/mol. The molecule has 146 valence electrons. The second kappa shape index (κ2) is 9.04. The highest BCUT2D eigenvalue weighted by atomic mass is 35.5. The summed E-state index contributed by atoms with van der Waals surface area (Å²) in [6.45, 7) is 5.22. The van der Waals surface area contributed by atoms with Crippen molar-refractivity contribution in [2.75, 3.05) is 18.9 Å². The molecule has 0 aliphatic heterocycles. The fourth-order valence-electron chi connectivity index (χ4n) is 3.13. The maximum Gasteiger partial charge on any atom is 0.225 e. The third kappa shape index (κ3) is 4.80. The number of aromatic nitrogens is 2. The number of nitrogens with one attached hydrogen (secondary N) is 1. The summed E-state index contributed by atoms with van der Waals surface area (Å²) < 4.78 is 1.86. The van der Waals surface area contributed by atoms with Crippen molar-refractivity contribution in [1.29, 1.82) is 0 Å². The first-order valence-corrected chi connectivity index (χ1v) is 9.67. The number of rotatable bonds is 7. The molecule has 0 unspecified atom stereocenters. The molecule has 5 nitrogen and oxygen atoms in total. The van der Waals surface area contributed by atoms with Crippen LogP contribution in [0.15, 0.2) is 54.6 Å². The van der Waals surface area contributed by atoms with Crippen LogP contribution in [0.1, 0.15) is 23.4 Å². The van der Waals surface area contributed by atoms with Crippen molar-refractivity contribution in [3.63, 3.8) is 0 Å². The van der Waals surface area contributed by atoms with Gasteiger partial charge in [-0.05, 0) is 44.7 Å². The van der Waals surface area contributed by atoms with Gasteiger partial charge in [0, 0.05) is 24.5 Å². The van der Waals surface area contributed by atoms with Crippen LogP contribution in [0.25, 0.3) is 5.69 Å². The molecule has 0 aliphatic carbocycles. The SMILES string of the molecule is Cc1nn(-c2ccccc2)c(C)c1NC(=O)CCN(C)Cc1ccccc1Cl. The Morgan fingerprint density at radius 2 is 1.79 bits per heavy atom. The Morgan fingerprint density at radius 1 is 1.11 bits per heavy atom. The van der Waals surface area contributed by atoms with Crippen LogP contribution >= 0.6 is 11.6 Å². The minimum absolute atomic E-state index is 0.0233. The molecular formula is C22H25ClN4O. The van der Waals surface area contributed by atoms with Crippen LogP contribution in [0.3, 0.4) is 0 Å². The Hall–Kier alpha value is -2.63. The molecular weight excluding hydrogens is 372 g/mol. The number of nitrogens with zero attached hydrogens (tertiary/aromatic N) is 3. The molecule has 1 N–H and O–H groups in total. The lowest BCUT2D eigenvalue weighted by Gasteiger charge is -2.17. The highest BCUT2D eigenvalue weighted by Crippen LogP contribution is 2.23. The number of halogens is 1. The third-order valence-corrected chi connectivity index (χ3v) is 5.04. The molecule has 0 aliphatic rings. The number of carbonyl (C=O) groups excluding carboxylic acids is 1. The van der Waals surface area contributed by atoms with Gasteiger partial charge in [-0.2, -0.15) is 5.10 Å². The molecule has 0 bridgehead atoms. The summed E-state index contributed by atoms with van der Waals surface area (Å²) >= 11 is 6.21. The molecule has 1 amide bonds. The van der Waals surface area contributed by atoms with Crippen molar-refractivity contribution in [3.8, 4) is 5.69 Å². The zero-order chi connectivity index (χ0) is 20.1. The number of amides is 1. The Bertz CT molecular complexity index is 952. The minimum atomic E-state index is -0.0233. The topological polar surface area (TPSA) is 50.2 Å². The molecule has 28 heavy (non-hydrogen) atoms. The van der Waals surface area contributed by atoms with Gasteiger partial charge in [-0.15, -0.1) is 0 Å². The van der Waals surface area contributed by atoms with Gasteiger partial charge in [0.2, 0.25) is 5.91 Å². The Morgan fingerprint density at radius 3 is 2.50 bits per heavy atom. The van der Waals surface area contributed by atoms with Gasteiger partial charge in [-0.25, -0.2) is 4.68 Å². The minimum Gasteiger partial charge on any atom is -0.323 e. The molecule has 0 atom stereocenters. The highest BCUT2D eigenvalue weighted by molar-refractivity contribution is 6.31. The van der Waals surface area contributed by atoms with Crippen LogP contribution in [0.4, 0.5) is 5.69 Å². The highest BCUT2D eigenvalue weighted by Gasteiger charge is 2.15.